The largest absolute Gasteiger partial charge is 0.494 e. The molecule has 0 atom stereocenters. The third kappa shape index (κ3) is 3.55. The third-order valence-corrected chi connectivity index (χ3v) is 5.75. The standard InChI is InChI=1S/C22H20ClN3OS/c1-4-27-16-11-9-15(10-12-16)19-13(2)28-22-20(19)21(24-14(3)25-22)26-18-8-6-5-7-17(18)23/h5-12H,4H2,1-3H3,(H,24,25,26). The Balaban J connectivity index is 1.87. The number of nitrogens with zero attached hydrogens (tertiary/aromatic N) is 2. The summed E-state index contributed by atoms with van der Waals surface area (Å²) >= 11 is 8.03. The van der Waals surface area contributed by atoms with Gasteiger partial charge in [-0.1, -0.05) is 35.9 Å². The van der Waals surface area contributed by atoms with E-state index < -0.39 is 0 Å². The van der Waals surface area contributed by atoms with Crippen molar-refractivity contribution in [3.63, 3.8) is 0 Å². The van der Waals surface area contributed by atoms with Crippen LogP contribution in [0.15, 0.2) is 48.5 Å². The first-order valence-corrected chi connectivity index (χ1v) is 10.3. The molecule has 2 aromatic heterocycles. The second kappa shape index (κ2) is 7.78. The maximum Gasteiger partial charge on any atom is 0.143 e. The number of rotatable bonds is 5. The van der Waals surface area contributed by atoms with Gasteiger partial charge in [0.15, 0.2) is 0 Å². The molecule has 0 saturated carbocycles. The number of anilines is 2. The molecule has 0 unspecified atom stereocenters. The van der Waals surface area contributed by atoms with Crippen molar-refractivity contribution in [1.29, 1.82) is 0 Å². The molecule has 0 saturated heterocycles. The Hall–Kier alpha value is -2.63. The number of hydrogen-bond acceptors (Lipinski definition) is 5. The van der Waals surface area contributed by atoms with Crippen LogP contribution in [0.4, 0.5) is 11.5 Å². The fourth-order valence-corrected chi connectivity index (χ4v) is 4.50. The summed E-state index contributed by atoms with van der Waals surface area (Å²) in [5, 5.41) is 5.08. The number of aromatic nitrogens is 2. The van der Waals surface area contributed by atoms with E-state index in [9.17, 15) is 0 Å². The second-order valence-corrected chi connectivity index (χ2v) is 8.01. The number of thiophene rings is 1. The summed E-state index contributed by atoms with van der Waals surface area (Å²) in [6.07, 6.45) is 0. The Labute approximate surface area is 173 Å². The molecule has 4 nitrogen and oxygen atoms in total. The van der Waals surface area contributed by atoms with Crippen LogP contribution in [-0.4, -0.2) is 16.6 Å². The lowest BCUT2D eigenvalue weighted by Gasteiger charge is -2.11. The number of hydrogen-bond donors (Lipinski definition) is 1. The van der Waals surface area contributed by atoms with Gasteiger partial charge in [0.1, 0.15) is 22.2 Å². The van der Waals surface area contributed by atoms with Crippen molar-refractivity contribution < 1.29 is 4.74 Å². The third-order valence-electron chi connectivity index (χ3n) is 4.42. The highest BCUT2D eigenvalue weighted by Crippen LogP contribution is 2.42. The maximum absolute atomic E-state index is 6.36. The number of aryl methyl sites for hydroxylation is 2. The number of benzene rings is 2. The minimum atomic E-state index is 0.652. The van der Waals surface area contributed by atoms with Crippen molar-refractivity contribution in [2.75, 3.05) is 11.9 Å². The van der Waals surface area contributed by atoms with Crippen molar-refractivity contribution in [3.05, 3.63) is 64.3 Å². The lowest BCUT2D eigenvalue weighted by atomic mass is 10.0. The highest BCUT2D eigenvalue weighted by atomic mass is 35.5. The molecule has 0 radical (unpaired) electrons. The summed E-state index contributed by atoms with van der Waals surface area (Å²) in [6.45, 7) is 6.66. The lowest BCUT2D eigenvalue weighted by Crippen LogP contribution is -1.99. The molecule has 0 fully saturated rings. The van der Waals surface area contributed by atoms with Gasteiger partial charge >= 0.3 is 0 Å². The lowest BCUT2D eigenvalue weighted by molar-refractivity contribution is 0.340. The minimum Gasteiger partial charge on any atom is -0.494 e. The van der Waals surface area contributed by atoms with E-state index in [1.54, 1.807) is 11.3 Å². The van der Waals surface area contributed by atoms with Gasteiger partial charge in [0, 0.05) is 10.4 Å². The minimum absolute atomic E-state index is 0.652. The molecule has 2 heterocycles. The van der Waals surface area contributed by atoms with Gasteiger partial charge in [-0.05, 0) is 50.6 Å². The van der Waals surface area contributed by atoms with Crippen molar-refractivity contribution in [2.45, 2.75) is 20.8 Å². The van der Waals surface area contributed by atoms with Gasteiger partial charge in [-0.3, -0.25) is 0 Å². The molecule has 28 heavy (non-hydrogen) atoms. The molecule has 0 spiro atoms. The van der Waals surface area contributed by atoms with Crippen LogP contribution >= 0.6 is 22.9 Å². The fourth-order valence-electron chi connectivity index (χ4n) is 3.23. The van der Waals surface area contributed by atoms with E-state index in [1.165, 1.54) is 4.88 Å². The fraction of sp³-hybridized carbons (Fsp3) is 0.182. The smallest absolute Gasteiger partial charge is 0.143 e. The molecular weight excluding hydrogens is 390 g/mol. The molecule has 0 aliphatic heterocycles. The van der Waals surface area contributed by atoms with E-state index >= 15 is 0 Å². The first-order chi connectivity index (χ1) is 13.6. The van der Waals surface area contributed by atoms with E-state index in [2.05, 4.69) is 34.3 Å². The summed E-state index contributed by atoms with van der Waals surface area (Å²) in [5.41, 5.74) is 3.07. The van der Waals surface area contributed by atoms with Crippen LogP contribution in [0.3, 0.4) is 0 Å². The molecule has 1 N–H and O–H groups in total. The van der Waals surface area contributed by atoms with Crippen molar-refractivity contribution in [3.8, 4) is 16.9 Å². The number of para-hydroxylation sites is 1. The summed E-state index contributed by atoms with van der Waals surface area (Å²) in [7, 11) is 0. The Morgan fingerprint density at radius 3 is 2.50 bits per heavy atom. The Bertz CT molecular complexity index is 1140. The first kappa shape index (κ1) is 18.7. The van der Waals surface area contributed by atoms with Crippen LogP contribution in [-0.2, 0) is 0 Å². The Morgan fingerprint density at radius 2 is 1.79 bits per heavy atom. The zero-order chi connectivity index (χ0) is 19.7. The average Bonchev–Trinajstić information content (AvgIpc) is 3.00. The normalized spacial score (nSPS) is 11.0. The highest BCUT2D eigenvalue weighted by Gasteiger charge is 2.18. The van der Waals surface area contributed by atoms with E-state index in [1.807, 2.05) is 50.2 Å². The molecule has 6 heteroatoms. The van der Waals surface area contributed by atoms with Gasteiger partial charge in [0.25, 0.3) is 0 Å². The first-order valence-electron chi connectivity index (χ1n) is 9.09. The van der Waals surface area contributed by atoms with Gasteiger partial charge in [-0.15, -0.1) is 11.3 Å². The van der Waals surface area contributed by atoms with E-state index in [0.717, 1.165) is 44.4 Å². The monoisotopic (exact) mass is 409 g/mol. The molecule has 142 valence electrons. The Morgan fingerprint density at radius 1 is 1.04 bits per heavy atom. The molecular formula is C22H20ClN3OS. The van der Waals surface area contributed by atoms with E-state index in [-0.39, 0.29) is 0 Å². The van der Waals surface area contributed by atoms with Crippen molar-refractivity contribution in [2.24, 2.45) is 0 Å². The SMILES string of the molecule is CCOc1ccc(-c2c(C)sc3nc(C)nc(Nc4ccccc4Cl)c23)cc1. The molecule has 4 rings (SSSR count). The summed E-state index contributed by atoms with van der Waals surface area (Å²) in [5.74, 6) is 2.36. The molecule has 4 aromatic rings. The highest BCUT2D eigenvalue weighted by molar-refractivity contribution is 7.19. The van der Waals surface area contributed by atoms with Gasteiger partial charge in [-0.25, -0.2) is 9.97 Å². The average molecular weight is 410 g/mol. The van der Waals surface area contributed by atoms with Crippen LogP contribution in [0.2, 0.25) is 5.02 Å². The maximum atomic E-state index is 6.36. The molecule has 0 aliphatic carbocycles. The van der Waals surface area contributed by atoms with Crippen LogP contribution in [0.1, 0.15) is 17.6 Å². The van der Waals surface area contributed by atoms with Crippen LogP contribution in [0.25, 0.3) is 21.3 Å². The molecule has 0 aliphatic rings. The number of fused-ring (bicyclic) bond motifs is 1. The quantitative estimate of drug-likeness (QED) is 0.395. The van der Waals surface area contributed by atoms with E-state index in [4.69, 9.17) is 16.3 Å². The van der Waals surface area contributed by atoms with E-state index in [0.29, 0.717) is 11.6 Å². The predicted octanol–water partition coefficient (Wildman–Crippen LogP) is 6.77. The van der Waals surface area contributed by atoms with Gasteiger partial charge in [-0.2, -0.15) is 0 Å². The second-order valence-electron chi connectivity index (χ2n) is 6.40. The Kier molecular flexibility index (Phi) is 5.20. The summed E-state index contributed by atoms with van der Waals surface area (Å²) < 4.78 is 5.58. The predicted molar refractivity (Wildman–Crippen MR) is 118 cm³/mol. The summed E-state index contributed by atoms with van der Waals surface area (Å²) in [4.78, 5) is 11.5. The topological polar surface area (TPSA) is 47.0 Å². The summed E-state index contributed by atoms with van der Waals surface area (Å²) in [6, 6.07) is 15.8. The number of nitrogens with one attached hydrogen (secondary N) is 1. The van der Waals surface area contributed by atoms with Crippen molar-refractivity contribution in [1.82, 2.24) is 9.97 Å². The molecule has 0 amide bonds. The van der Waals surface area contributed by atoms with Crippen molar-refractivity contribution >= 4 is 44.7 Å². The van der Waals surface area contributed by atoms with Gasteiger partial charge in [0.2, 0.25) is 0 Å². The zero-order valence-corrected chi connectivity index (χ0v) is 17.5. The molecule has 0 bridgehead atoms. The van der Waals surface area contributed by atoms with Crippen LogP contribution in [0.5, 0.6) is 5.75 Å². The van der Waals surface area contributed by atoms with Crippen LogP contribution < -0.4 is 10.1 Å². The van der Waals surface area contributed by atoms with Gasteiger partial charge < -0.3 is 10.1 Å². The molecule has 2 aromatic carbocycles. The van der Waals surface area contributed by atoms with Crippen LogP contribution in [0, 0.1) is 13.8 Å². The number of ether oxygens (including phenoxy) is 1. The number of halogens is 1. The zero-order valence-electron chi connectivity index (χ0n) is 15.9. The van der Waals surface area contributed by atoms with Gasteiger partial charge in [0.05, 0.1) is 22.7 Å².